The number of carbonyl (C=O) groups excluding carboxylic acids is 3. The number of carbonyl (C=O) groups is 4. The molecule has 0 aliphatic rings. The normalized spacial score (nSPS) is 13.5. The first-order valence-electron chi connectivity index (χ1n) is 14.0. The van der Waals surface area contributed by atoms with Crippen molar-refractivity contribution in [2.24, 2.45) is 22.2 Å². The number of aliphatic carboxylic acids is 1. The molecule has 11 N–H and O–H groups in total. The molecule has 0 spiro atoms. The highest BCUT2D eigenvalue weighted by Crippen LogP contribution is 2.08. The first kappa shape index (κ1) is 33.2. The maximum absolute atomic E-state index is 13.6. The molecule has 0 radical (unpaired) electrons. The number of imidazole rings is 1. The predicted molar refractivity (Wildman–Crippen MR) is 162 cm³/mol. The van der Waals surface area contributed by atoms with Gasteiger partial charge >= 0.3 is 5.97 Å². The number of hydrogen-bond acceptors (Lipinski definition) is 8. The molecule has 3 aromatic rings. The van der Waals surface area contributed by atoms with Gasteiger partial charge < -0.3 is 43.2 Å². The summed E-state index contributed by atoms with van der Waals surface area (Å²) in [6.07, 6.45) is 6.77. The van der Waals surface area contributed by atoms with Crippen LogP contribution in [0.25, 0.3) is 0 Å². The van der Waals surface area contributed by atoms with E-state index in [1.165, 1.54) is 12.5 Å². The van der Waals surface area contributed by atoms with E-state index in [4.69, 9.17) is 17.2 Å². The minimum atomic E-state index is -1.25. The van der Waals surface area contributed by atoms with E-state index >= 15 is 0 Å². The van der Waals surface area contributed by atoms with E-state index < -0.39 is 47.9 Å². The molecule has 0 aliphatic heterocycles. The Labute approximate surface area is 254 Å². The molecule has 0 bridgehead atoms. The Morgan fingerprint density at radius 1 is 0.818 bits per heavy atom. The van der Waals surface area contributed by atoms with E-state index in [2.05, 4.69) is 35.9 Å². The molecule has 3 amide bonds. The molecule has 15 nitrogen and oxygen atoms in total. The van der Waals surface area contributed by atoms with Gasteiger partial charge in [0.1, 0.15) is 18.1 Å². The highest BCUT2D eigenvalue weighted by atomic mass is 16.4. The maximum Gasteiger partial charge on any atom is 0.326 e. The molecule has 2 heterocycles. The van der Waals surface area contributed by atoms with Gasteiger partial charge in [-0.25, -0.2) is 9.78 Å². The maximum atomic E-state index is 13.6. The van der Waals surface area contributed by atoms with Crippen LogP contribution in [-0.4, -0.2) is 80.4 Å². The van der Waals surface area contributed by atoms with Crippen LogP contribution in [0.4, 0.5) is 0 Å². The number of carboxylic acid groups (broad SMARTS) is 1. The van der Waals surface area contributed by atoms with Crippen molar-refractivity contribution in [1.29, 1.82) is 0 Å². The van der Waals surface area contributed by atoms with Crippen LogP contribution < -0.4 is 33.2 Å². The number of aromatic nitrogens is 3. The number of carboxylic acids is 1. The van der Waals surface area contributed by atoms with Crippen LogP contribution in [0.1, 0.15) is 29.7 Å². The highest BCUT2D eigenvalue weighted by molar-refractivity contribution is 5.94. The summed E-state index contributed by atoms with van der Waals surface area (Å²) in [4.78, 5) is 66.8. The van der Waals surface area contributed by atoms with E-state index in [9.17, 15) is 24.3 Å². The SMILES string of the molecule is NC(N)=NCCC[C@H](NC(=O)[C@@H](Cc1ccccc1)NC(=O)[C@H](Cc1cnc[nH]1)NC(=O)[C@@H](N)Cc1cccnc1)C(=O)O. The van der Waals surface area contributed by atoms with Crippen molar-refractivity contribution in [2.45, 2.75) is 56.3 Å². The number of benzene rings is 1. The molecule has 15 heteroatoms. The minimum absolute atomic E-state index is 0.0272. The number of H-pyrrole nitrogens is 1. The Kier molecular flexibility index (Phi) is 12.8. The summed E-state index contributed by atoms with van der Waals surface area (Å²) in [5.41, 5.74) is 18.8. The topological polar surface area (TPSA) is 257 Å². The number of aliphatic imine (C=N–C) groups is 1. The predicted octanol–water partition coefficient (Wildman–Crippen LogP) is -1.25. The fraction of sp³-hybridized carbons (Fsp3) is 0.345. The van der Waals surface area contributed by atoms with Crippen LogP contribution in [-0.2, 0) is 38.4 Å². The van der Waals surface area contributed by atoms with Crippen LogP contribution >= 0.6 is 0 Å². The Hall–Kier alpha value is -5.31. The Morgan fingerprint density at radius 3 is 2.09 bits per heavy atom. The number of amides is 3. The summed E-state index contributed by atoms with van der Waals surface area (Å²) in [7, 11) is 0. The third-order valence-corrected chi connectivity index (χ3v) is 6.60. The van der Waals surface area contributed by atoms with Gasteiger partial charge in [-0.1, -0.05) is 36.4 Å². The molecule has 0 saturated carbocycles. The smallest absolute Gasteiger partial charge is 0.326 e. The summed E-state index contributed by atoms with van der Waals surface area (Å²) < 4.78 is 0. The largest absolute Gasteiger partial charge is 0.480 e. The molecular weight excluding hydrogens is 568 g/mol. The van der Waals surface area contributed by atoms with E-state index in [0.29, 0.717) is 12.1 Å². The van der Waals surface area contributed by atoms with Crippen LogP contribution in [0.3, 0.4) is 0 Å². The van der Waals surface area contributed by atoms with Gasteiger partial charge in [0, 0.05) is 43.7 Å². The van der Waals surface area contributed by atoms with Gasteiger partial charge in [-0.3, -0.25) is 24.4 Å². The second-order valence-electron chi connectivity index (χ2n) is 10.1. The van der Waals surface area contributed by atoms with Gasteiger partial charge in [0.15, 0.2) is 5.96 Å². The van der Waals surface area contributed by atoms with Gasteiger partial charge in [-0.05, 0) is 36.5 Å². The third kappa shape index (κ3) is 11.2. The summed E-state index contributed by atoms with van der Waals surface area (Å²) in [5.74, 6) is -3.33. The quantitative estimate of drug-likeness (QED) is 0.0514. The summed E-state index contributed by atoms with van der Waals surface area (Å²) in [6, 6.07) is 7.89. The first-order valence-corrected chi connectivity index (χ1v) is 14.0. The molecule has 1 aromatic carbocycles. The molecule has 0 fully saturated rings. The average molecular weight is 607 g/mol. The number of nitrogens with one attached hydrogen (secondary N) is 4. The van der Waals surface area contributed by atoms with Crippen molar-refractivity contribution in [3.8, 4) is 0 Å². The van der Waals surface area contributed by atoms with Crippen molar-refractivity contribution in [3.05, 3.63) is 84.2 Å². The highest BCUT2D eigenvalue weighted by Gasteiger charge is 2.31. The van der Waals surface area contributed by atoms with E-state index in [1.807, 2.05) is 0 Å². The number of guanidine groups is 1. The lowest BCUT2D eigenvalue weighted by atomic mass is 10.0. The number of nitrogens with zero attached hydrogens (tertiary/aromatic N) is 3. The zero-order valence-electron chi connectivity index (χ0n) is 24.1. The fourth-order valence-electron chi connectivity index (χ4n) is 4.33. The van der Waals surface area contributed by atoms with Crippen LogP contribution in [0.2, 0.25) is 0 Å². The summed E-state index contributed by atoms with van der Waals surface area (Å²) in [5, 5.41) is 17.6. The number of nitrogens with two attached hydrogens (primary N) is 3. The van der Waals surface area contributed by atoms with Gasteiger partial charge in [-0.2, -0.15) is 0 Å². The average Bonchev–Trinajstić information content (AvgIpc) is 3.52. The molecular formula is C29H38N10O5. The van der Waals surface area contributed by atoms with Crippen LogP contribution in [0.5, 0.6) is 0 Å². The second kappa shape index (κ2) is 17.0. The first-order chi connectivity index (χ1) is 21.1. The van der Waals surface area contributed by atoms with Gasteiger partial charge in [-0.15, -0.1) is 0 Å². The van der Waals surface area contributed by atoms with Gasteiger partial charge in [0.25, 0.3) is 0 Å². The van der Waals surface area contributed by atoms with Crippen molar-refractivity contribution in [1.82, 2.24) is 30.9 Å². The third-order valence-electron chi connectivity index (χ3n) is 6.60. The lowest BCUT2D eigenvalue weighted by Gasteiger charge is -2.25. The minimum Gasteiger partial charge on any atom is -0.480 e. The molecule has 0 unspecified atom stereocenters. The summed E-state index contributed by atoms with van der Waals surface area (Å²) in [6.45, 7) is 0.185. The number of rotatable bonds is 17. The molecule has 4 atom stereocenters. The lowest BCUT2D eigenvalue weighted by molar-refractivity contribution is -0.142. The zero-order valence-corrected chi connectivity index (χ0v) is 24.1. The Bertz CT molecular complexity index is 1380. The van der Waals surface area contributed by atoms with Crippen LogP contribution in [0, 0.1) is 0 Å². The van der Waals surface area contributed by atoms with Gasteiger partial charge in [0.05, 0.1) is 12.4 Å². The monoisotopic (exact) mass is 606 g/mol. The van der Waals surface area contributed by atoms with Crippen molar-refractivity contribution >= 4 is 29.7 Å². The standard InChI is InChI=1S/C29H38N10O5/c30-21(12-19-8-4-10-33-15-19)25(40)38-24(14-20-16-34-17-36-20)27(42)39-23(13-18-6-2-1-3-7-18)26(41)37-22(28(43)44)9-5-11-35-29(31)32/h1-4,6-8,10,15-17,21-24H,5,9,11-14,30H2,(H,34,36)(H,37,41)(H,38,40)(H,39,42)(H,43,44)(H4,31,32,35)/t21-,22-,23+,24-/m0/s1. The molecule has 0 aliphatic carbocycles. The molecule has 3 rings (SSSR count). The number of hydrogen-bond donors (Lipinski definition) is 8. The van der Waals surface area contributed by atoms with Gasteiger partial charge in [0.2, 0.25) is 17.7 Å². The molecule has 2 aromatic heterocycles. The van der Waals surface area contributed by atoms with E-state index in [1.54, 1.807) is 54.9 Å². The Morgan fingerprint density at radius 2 is 1.48 bits per heavy atom. The number of aromatic amines is 1. The molecule has 0 saturated heterocycles. The fourth-order valence-corrected chi connectivity index (χ4v) is 4.33. The summed E-state index contributed by atoms with van der Waals surface area (Å²) >= 11 is 0. The van der Waals surface area contributed by atoms with Crippen LogP contribution in [0.15, 0.2) is 72.4 Å². The second-order valence-corrected chi connectivity index (χ2v) is 10.1. The van der Waals surface area contributed by atoms with Crippen molar-refractivity contribution < 1.29 is 24.3 Å². The molecule has 234 valence electrons. The zero-order chi connectivity index (χ0) is 31.9. The van der Waals surface area contributed by atoms with Crippen molar-refractivity contribution in [2.75, 3.05) is 6.54 Å². The lowest BCUT2D eigenvalue weighted by Crippen LogP contribution is -2.58. The molecule has 44 heavy (non-hydrogen) atoms. The Balaban J connectivity index is 1.77. The van der Waals surface area contributed by atoms with E-state index in [0.717, 1.165) is 11.1 Å². The van der Waals surface area contributed by atoms with E-state index in [-0.39, 0.29) is 38.2 Å². The number of pyridine rings is 1. The van der Waals surface area contributed by atoms with Crippen molar-refractivity contribution in [3.63, 3.8) is 0 Å².